The van der Waals surface area contributed by atoms with Crippen LogP contribution in [-0.2, 0) is 11.8 Å². The summed E-state index contributed by atoms with van der Waals surface area (Å²) < 4.78 is 26.7. The molecule has 78 valence electrons. The van der Waals surface area contributed by atoms with Gasteiger partial charge in [-0.15, -0.1) is 0 Å². The number of nitrogens with two attached hydrogens (primary N) is 1. The topological polar surface area (TPSA) is 72.9 Å². The average molecular weight is 204 g/mol. The summed E-state index contributed by atoms with van der Waals surface area (Å²) in [5.41, 5.74) is 4.74. The molecule has 0 radical (unpaired) electrons. The molecule has 0 aromatic carbocycles. The van der Waals surface area contributed by atoms with Crippen molar-refractivity contribution in [3.8, 4) is 0 Å². The maximum atomic E-state index is 12.7. The van der Waals surface area contributed by atoms with Crippen LogP contribution in [0.2, 0.25) is 0 Å². The molecular formula is C7H10F2N4O. The number of carbonyl (C=O) groups is 1. The van der Waals surface area contributed by atoms with Gasteiger partial charge >= 0.3 is 5.92 Å². The fourth-order valence-electron chi connectivity index (χ4n) is 0.797. The number of anilines is 1. The highest BCUT2D eigenvalue weighted by Crippen LogP contribution is 2.14. The number of aromatic nitrogens is 2. The highest BCUT2D eigenvalue weighted by atomic mass is 19.3. The third-order valence-corrected chi connectivity index (χ3v) is 1.65. The van der Waals surface area contributed by atoms with Crippen molar-refractivity contribution in [3.63, 3.8) is 0 Å². The largest absolute Gasteiger partial charge is 0.336 e. The first kappa shape index (κ1) is 10.6. The lowest BCUT2D eigenvalue weighted by Crippen LogP contribution is -2.41. The van der Waals surface area contributed by atoms with E-state index in [9.17, 15) is 13.6 Å². The molecule has 0 spiro atoms. The normalized spacial score (nSPS) is 11.4. The van der Waals surface area contributed by atoms with Crippen LogP contribution in [0.15, 0.2) is 12.3 Å². The summed E-state index contributed by atoms with van der Waals surface area (Å²) in [6, 6.07) is 1.41. The van der Waals surface area contributed by atoms with Gasteiger partial charge in [-0.1, -0.05) is 0 Å². The van der Waals surface area contributed by atoms with Crippen molar-refractivity contribution in [2.24, 2.45) is 12.8 Å². The summed E-state index contributed by atoms with van der Waals surface area (Å²) in [7, 11) is 1.52. The Bertz CT molecular complexity index is 336. The van der Waals surface area contributed by atoms with Crippen LogP contribution < -0.4 is 11.1 Å². The third kappa shape index (κ3) is 2.05. The van der Waals surface area contributed by atoms with E-state index in [1.165, 1.54) is 24.0 Å². The Balaban J connectivity index is 2.71. The van der Waals surface area contributed by atoms with E-state index in [0.717, 1.165) is 0 Å². The van der Waals surface area contributed by atoms with Crippen LogP contribution in [-0.4, -0.2) is 28.2 Å². The first-order chi connectivity index (χ1) is 6.47. The molecule has 0 bridgehead atoms. The van der Waals surface area contributed by atoms with Gasteiger partial charge in [0.1, 0.15) is 5.82 Å². The monoisotopic (exact) mass is 204 g/mol. The fourth-order valence-corrected chi connectivity index (χ4v) is 0.797. The highest BCUT2D eigenvalue weighted by molar-refractivity contribution is 5.95. The Labute approximate surface area is 78.9 Å². The SMILES string of the molecule is Cn1nccc1NC(=O)C(F)(F)CN. The number of nitrogens with zero attached hydrogens (tertiary/aromatic N) is 2. The van der Waals surface area contributed by atoms with Crippen LogP contribution in [0, 0.1) is 0 Å². The Kier molecular flexibility index (Phi) is 2.80. The number of alkyl halides is 2. The molecule has 3 N–H and O–H groups in total. The molecule has 0 aliphatic carbocycles. The number of carbonyl (C=O) groups excluding carboxylic acids is 1. The molecule has 1 rings (SSSR count). The summed E-state index contributed by atoms with van der Waals surface area (Å²) >= 11 is 0. The van der Waals surface area contributed by atoms with Gasteiger partial charge in [0.05, 0.1) is 12.7 Å². The van der Waals surface area contributed by atoms with Crippen LogP contribution in [0.25, 0.3) is 0 Å². The molecule has 0 aliphatic rings. The van der Waals surface area contributed by atoms with E-state index in [2.05, 4.69) is 5.10 Å². The second-order valence-electron chi connectivity index (χ2n) is 2.70. The minimum Gasteiger partial charge on any atom is -0.325 e. The van der Waals surface area contributed by atoms with Gasteiger partial charge in [0, 0.05) is 13.1 Å². The third-order valence-electron chi connectivity index (χ3n) is 1.65. The van der Waals surface area contributed by atoms with Crippen molar-refractivity contribution < 1.29 is 13.6 Å². The van der Waals surface area contributed by atoms with E-state index in [1.807, 2.05) is 5.32 Å². The van der Waals surface area contributed by atoms with E-state index < -0.39 is 18.4 Å². The Hall–Kier alpha value is -1.50. The minimum absolute atomic E-state index is 0.197. The number of rotatable bonds is 3. The summed E-state index contributed by atoms with van der Waals surface area (Å²) in [5.74, 6) is -4.78. The van der Waals surface area contributed by atoms with E-state index in [0.29, 0.717) is 0 Å². The van der Waals surface area contributed by atoms with Crippen LogP contribution in [0.4, 0.5) is 14.6 Å². The van der Waals surface area contributed by atoms with Gasteiger partial charge in [-0.25, -0.2) is 0 Å². The zero-order chi connectivity index (χ0) is 10.8. The summed E-state index contributed by atoms with van der Waals surface area (Å²) in [4.78, 5) is 10.9. The first-order valence-corrected chi connectivity index (χ1v) is 3.84. The number of aryl methyl sites for hydroxylation is 1. The van der Waals surface area contributed by atoms with Crippen molar-refractivity contribution in [1.82, 2.24) is 9.78 Å². The molecule has 1 heterocycles. The lowest BCUT2D eigenvalue weighted by Gasteiger charge is -2.13. The van der Waals surface area contributed by atoms with Gasteiger partial charge in [0.2, 0.25) is 0 Å². The van der Waals surface area contributed by atoms with E-state index >= 15 is 0 Å². The van der Waals surface area contributed by atoms with Crippen molar-refractivity contribution in [2.75, 3.05) is 11.9 Å². The van der Waals surface area contributed by atoms with Crippen LogP contribution >= 0.6 is 0 Å². The van der Waals surface area contributed by atoms with Gasteiger partial charge in [-0.2, -0.15) is 13.9 Å². The van der Waals surface area contributed by atoms with Crippen molar-refractivity contribution in [1.29, 1.82) is 0 Å². The average Bonchev–Trinajstić information content (AvgIpc) is 2.52. The van der Waals surface area contributed by atoms with E-state index in [4.69, 9.17) is 5.73 Å². The molecule has 7 heteroatoms. The number of hydrogen-bond donors (Lipinski definition) is 2. The molecule has 0 unspecified atom stereocenters. The second-order valence-corrected chi connectivity index (χ2v) is 2.70. The van der Waals surface area contributed by atoms with Crippen molar-refractivity contribution >= 4 is 11.7 Å². The maximum absolute atomic E-state index is 12.7. The lowest BCUT2D eigenvalue weighted by atomic mass is 10.3. The first-order valence-electron chi connectivity index (χ1n) is 3.84. The van der Waals surface area contributed by atoms with Crippen LogP contribution in [0.5, 0.6) is 0 Å². The summed E-state index contributed by atoms with van der Waals surface area (Å²) in [6.45, 7) is -1.02. The molecule has 0 saturated heterocycles. The molecule has 1 amide bonds. The fraction of sp³-hybridized carbons (Fsp3) is 0.429. The van der Waals surface area contributed by atoms with E-state index in [1.54, 1.807) is 0 Å². The van der Waals surface area contributed by atoms with Gasteiger partial charge in [-0.05, 0) is 0 Å². The standard InChI is InChI=1S/C7H10F2N4O/c1-13-5(2-3-11-13)12-6(14)7(8,9)4-10/h2-3H,4,10H2,1H3,(H,12,14). The predicted molar refractivity (Wildman–Crippen MR) is 45.8 cm³/mol. The molecule has 0 fully saturated rings. The van der Waals surface area contributed by atoms with E-state index in [-0.39, 0.29) is 5.82 Å². The molecule has 1 aromatic heterocycles. The molecule has 0 saturated carbocycles. The molecule has 0 aliphatic heterocycles. The van der Waals surface area contributed by atoms with Crippen LogP contribution in [0.3, 0.4) is 0 Å². The van der Waals surface area contributed by atoms with Crippen molar-refractivity contribution in [2.45, 2.75) is 5.92 Å². The van der Waals surface area contributed by atoms with Crippen molar-refractivity contribution in [3.05, 3.63) is 12.3 Å². The molecular weight excluding hydrogens is 194 g/mol. The lowest BCUT2D eigenvalue weighted by molar-refractivity contribution is -0.138. The summed E-state index contributed by atoms with van der Waals surface area (Å²) in [5, 5.41) is 5.72. The minimum atomic E-state index is -3.55. The maximum Gasteiger partial charge on any atom is 0.336 e. The Morgan fingerprint density at radius 1 is 1.79 bits per heavy atom. The number of halogens is 2. The zero-order valence-electron chi connectivity index (χ0n) is 7.50. The van der Waals surface area contributed by atoms with Crippen LogP contribution in [0.1, 0.15) is 0 Å². The smallest absolute Gasteiger partial charge is 0.325 e. The molecule has 5 nitrogen and oxygen atoms in total. The zero-order valence-corrected chi connectivity index (χ0v) is 7.50. The predicted octanol–water partition coefficient (Wildman–Crippen LogP) is -0.0474. The Morgan fingerprint density at radius 2 is 2.43 bits per heavy atom. The van der Waals surface area contributed by atoms with Gasteiger partial charge < -0.3 is 11.1 Å². The molecule has 14 heavy (non-hydrogen) atoms. The molecule has 1 aromatic rings. The Morgan fingerprint density at radius 3 is 2.86 bits per heavy atom. The van der Waals surface area contributed by atoms with Gasteiger partial charge in [0.25, 0.3) is 5.91 Å². The second kappa shape index (κ2) is 3.70. The van der Waals surface area contributed by atoms with Gasteiger partial charge in [-0.3, -0.25) is 9.48 Å². The molecule has 0 atom stereocenters. The number of amides is 1. The quantitative estimate of drug-likeness (QED) is 0.725. The summed E-state index contributed by atoms with van der Waals surface area (Å²) in [6.07, 6.45) is 1.39. The number of hydrogen-bond acceptors (Lipinski definition) is 3. The highest BCUT2D eigenvalue weighted by Gasteiger charge is 2.37. The van der Waals surface area contributed by atoms with Gasteiger partial charge in [0.15, 0.2) is 0 Å². The number of nitrogens with one attached hydrogen (secondary N) is 1.